The summed E-state index contributed by atoms with van der Waals surface area (Å²) in [5, 5.41) is 2.12. The van der Waals surface area contributed by atoms with E-state index >= 15 is 0 Å². The first-order valence-corrected chi connectivity index (χ1v) is 10.8. The van der Waals surface area contributed by atoms with Crippen molar-refractivity contribution in [2.24, 2.45) is 4.99 Å². The lowest BCUT2D eigenvalue weighted by Gasteiger charge is -2.17. The van der Waals surface area contributed by atoms with E-state index in [1.807, 2.05) is 42.5 Å². The third-order valence-electron chi connectivity index (χ3n) is 5.15. The molecule has 3 aromatic rings. The lowest BCUT2D eigenvalue weighted by atomic mass is 10.1. The van der Waals surface area contributed by atoms with Crippen LogP contribution in [0.1, 0.15) is 12.8 Å². The van der Waals surface area contributed by atoms with Crippen molar-refractivity contribution in [2.75, 3.05) is 27.9 Å². The minimum absolute atomic E-state index is 0.190. The predicted molar refractivity (Wildman–Crippen MR) is 118 cm³/mol. The molecule has 0 bridgehead atoms. The van der Waals surface area contributed by atoms with Gasteiger partial charge in [0.25, 0.3) is 0 Å². The van der Waals surface area contributed by atoms with Crippen molar-refractivity contribution in [3.63, 3.8) is 0 Å². The van der Waals surface area contributed by atoms with Crippen LogP contribution in [-0.4, -0.2) is 38.6 Å². The number of methoxy groups -OCH3 is 3. The normalized spacial score (nSPS) is 16.6. The summed E-state index contributed by atoms with van der Waals surface area (Å²) in [7, 11) is 4.87. The van der Waals surface area contributed by atoms with Gasteiger partial charge in [0.2, 0.25) is 5.75 Å². The van der Waals surface area contributed by atoms with E-state index in [0.717, 1.165) is 47.7 Å². The van der Waals surface area contributed by atoms with Gasteiger partial charge in [0.15, 0.2) is 16.3 Å². The van der Waals surface area contributed by atoms with Crippen molar-refractivity contribution < 1.29 is 18.9 Å². The van der Waals surface area contributed by atoms with E-state index in [1.54, 1.807) is 32.7 Å². The van der Waals surface area contributed by atoms with Gasteiger partial charge in [-0.25, -0.2) is 4.99 Å². The van der Waals surface area contributed by atoms with Crippen LogP contribution >= 0.6 is 11.3 Å². The van der Waals surface area contributed by atoms with Gasteiger partial charge in [-0.15, -0.1) is 11.3 Å². The molecule has 1 saturated heterocycles. The quantitative estimate of drug-likeness (QED) is 0.552. The maximum absolute atomic E-state index is 5.92. The smallest absolute Gasteiger partial charge is 0.203 e. The van der Waals surface area contributed by atoms with Crippen LogP contribution in [0, 0.1) is 0 Å². The highest BCUT2D eigenvalue weighted by Crippen LogP contribution is 2.41. The Labute approximate surface area is 180 Å². The lowest BCUT2D eigenvalue weighted by molar-refractivity contribution is 0.0968. The van der Waals surface area contributed by atoms with E-state index < -0.39 is 0 Å². The van der Waals surface area contributed by atoms with Crippen molar-refractivity contribution >= 4 is 17.0 Å². The third kappa shape index (κ3) is 4.22. The van der Waals surface area contributed by atoms with E-state index in [9.17, 15) is 0 Å². The van der Waals surface area contributed by atoms with Crippen LogP contribution < -0.4 is 19.0 Å². The van der Waals surface area contributed by atoms with Gasteiger partial charge in [-0.2, -0.15) is 0 Å². The van der Waals surface area contributed by atoms with Gasteiger partial charge in [-0.05, 0) is 37.1 Å². The minimum Gasteiger partial charge on any atom is -0.493 e. The molecule has 30 heavy (non-hydrogen) atoms. The van der Waals surface area contributed by atoms with Gasteiger partial charge in [0, 0.05) is 17.6 Å². The average molecular weight is 427 g/mol. The molecule has 1 aliphatic heterocycles. The maximum Gasteiger partial charge on any atom is 0.203 e. The highest BCUT2D eigenvalue weighted by Gasteiger charge is 2.21. The molecular formula is C23H26N2O4S. The molecule has 0 amide bonds. The molecule has 1 aromatic heterocycles. The monoisotopic (exact) mass is 426 g/mol. The van der Waals surface area contributed by atoms with E-state index in [0.29, 0.717) is 17.2 Å². The summed E-state index contributed by atoms with van der Waals surface area (Å²) < 4.78 is 24.7. The fourth-order valence-corrected chi connectivity index (χ4v) is 4.60. The summed E-state index contributed by atoms with van der Waals surface area (Å²) in [6.07, 6.45) is 2.35. The lowest BCUT2D eigenvalue weighted by Crippen LogP contribution is -2.24. The third-order valence-corrected chi connectivity index (χ3v) is 6.01. The second-order valence-corrected chi connectivity index (χ2v) is 7.85. The molecule has 0 aliphatic carbocycles. The second-order valence-electron chi connectivity index (χ2n) is 7.01. The average Bonchev–Trinajstić information content (AvgIpc) is 3.44. The minimum atomic E-state index is 0.190. The van der Waals surface area contributed by atoms with Crippen LogP contribution in [0.15, 0.2) is 52.8 Å². The topological polar surface area (TPSA) is 54.2 Å². The van der Waals surface area contributed by atoms with Crippen LogP contribution in [0.4, 0.5) is 5.69 Å². The SMILES string of the molecule is COc1cc(-c2csc(=Nc3ccccc3)n2CC2CCCO2)cc(OC)c1OC. The Kier molecular flexibility index (Phi) is 6.40. The van der Waals surface area contributed by atoms with Gasteiger partial charge in [0.1, 0.15) is 0 Å². The second kappa shape index (κ2) is 9.36. The van der Waals surface area contributed by atoms with Crippen LogP contribution in [0.2, 0.25) is 0 Å². The van der Waals surface area contributed by atoms with E-state index in [1.165, 1.54) is 0 Å². The molecule has 6 nitrogen and oxygen atoms in total. The van der Waals surface area contributed by atoms with Gasteiger partial charge >= 0.3 is 0 Å². The Hall–Kier alpha value is -2.77. The van der Waals surface area contributed by atoms with Gasteiger partial charge in [0.05, 0.1) is 45.4 Å². The fourth-order valence-electron chi connectivity index (χ4n) is 3.66. The first kappa shape index (κ1) is 20.5. The van der Waals surface area contributed by atoms with Gasteiger partial charge < -0.3 is 23.5 Å². The zero-order valence-corrected chi connectivity index (χ0v) is 18.3. The van der Waals surface area contributed by atoms with Crippen LogP contribution in [0.25, 0.3) is 11.3 Å². The molecule has 0 radical (unpaired) electrons. The number of hydrogen-bond donors (Lipinski definition) is 0. The summed E-state index contributed by atoms with van der Waals surface area (Å²) in [5.41, 5.74) is 2.95. The summed E-state index contributed by atoms with van der Waals surface area (Å²) in [4.78, 5) is 5.82. The first-order valence-electron chi connectivity index (χ1n) is 9.93. The molecule has 1 fully saturated rings. The first-order chi connectivity index (χ1) is 14.7. The summed E-state index contributed by atoms with van der Waals surface area (Å²) in [6.45, 7) is 1.57. The number of nitrogens with zero attached hydrogens (tertiary/aromatic N) is 2. The van der Waals surface area contributed by atoms with E-state index in [4.69, 9.17) is 23.9 Å². The number of thiazole rings is 1. The molecule has 7 heteroatoms. The molecule has 0 saturated carbocycles. The molecule has 1 atom stereocenters. The van der Waals surface area contributed by atoms with Gasteiger partial charge in [-0.3, -0.25) is 0 Å². The number of benzene rings is 2. The molecule has 1 aliphatic rings. The van der Waals surface area contributed by atoms with Crippen molar-refractivity contribution in [1.82, 2.24) is 4.57 Å². The molecule has 0 N–H and O–H groups in total. The van der Waals surface area contributed by atoms with E-state index in [2.05, 4.69) is 9.95 Å². The van der Waals surface area contributed by atoms with Crippen LogP contribution in [0.3, 0.4) is 0 Å². The Bertz CT molecular complexity index is 1030. The maximum atomic E-state index is 5.92. The zero-order valence-electron chi connectivity index (χ0n) is 17.5. The highest BCUT2D eigenvalue weighted by molar-refractivity contribution is 7.07. The van der Waals surface area contributed by atoms with Crippen molar-refractivity contribution in [1.29, 1.82) is 0 Å². The predicted octanol–water partition coefficient (Wildman–Crippen LogP) is 4.65. The number of rotatable bonds is 7. The molecule has 4 rings (SSSR count). The van der Waals surface area contributed by atoms with Crippen LogP contribution in [0.5, 0.6) is 17.2 Å². The number of para-hydroxylation sites is 1. The van der Waals surface area contributed by atoms with Crippen molar-refractivity contribution in [2.45, 2.75) is 25.5 Å². The number of hydrogen-bond acceptors (Lipinski definition) is 6. The highest BCUT2D eigenvalue weighted by atomic mass is 32.1. The van der Waals surface area contributed by atoms with Crippen molar-refractivity contribution in [3.05, 3.63) is 52.6 Å². The van der Waals surface area contributed by atoms with Gasteiger partial charge in [-0.1, -0.05) is 18.2 Å². The summed E-state index contributed by atoms with van der Waals surface area (Å²) in [6, 6.07) is 14.0. The van der Waals surface area contributed by atoms with Crippen molar-refractivity contribution in [3.8, 4) is 28.5 Å². The fraction of sp³-hybridized carbons (Fsp3) is 0.348. The molecule has 158 valence electrons. The summed E-state index contributed by atoms with van der Waals surface area (Å²) in [5.74, 6) is 1.84. The Morgan fingerprint density at radius 3 is 2.40 bits per heavy atom. The standard InChI is InChI=1S/C23H26N2O4S/c1-26-20-12-16(13-21(27-2)22(20)28-3)19-15-30-23(24-17-8-5-4-6-9-17)25(19)14-18-10-7-11-29-18/h4-6,8-9,12-13,15,18H,7,10-11,14H2,1-3H3. The molecular weight excluding hydrogens is 400 g/mol. The molecule has 2 aromatic carbocycles. The summed E-state index contributed by atoms with van der Waals surface area (Å²) >= 11 is 1.61. The Balaban J connectivity index is 1.84. The number of ether oxygens (including phenoxy) is 4. The largest absolute Gasteiger partial charge is 0.493 e. The number of aromatic nitrogens is 1. The van der Waals surface area contributed by atoms with Crippen LogP contribution in [-0.2, 0) is 11.3 Å². The molecule has 0 spiro atoms. The van der Waals surface area contributed by atoms with E-state index in [-0.39, 0.29) is 6.10 Å². The molecule has 1 unspecified atom stereocenters. The Morgan fingerprint density at radius 2 is 1.80 bits per heavy atom. The molecule has 2 heterocycles. The zero-order chi connectivity index (χ0) is 20.9. The Morgan fingerprint density at radius 1 is 1.07 bits per heavy atom.